The lowest BCUT2D eigenvalue weighted by Gasteiger charge is -2.05. The van der Waals surface area contributed by atoms with Gasteiger partial charge < -0.3 is 10.2 Å². The molecular weight excluding hydrogens is 306 g/mol. The van der Waals surface area contributed by atoms with Crippen LogP contribution in [0.1, 0.15) is 10.9 Å². The second-order valence-corrected chi connectivity index (χ2v) is 4.01. The normalized spacial score (nSPS) is 12.5. The van der Waals surface area contributed by atoms with Gasteiger partial charge in [0.15, 0.2) is 5.38 Å². The Morgan fingerprint density at radius 1 is 1.54 bits per heavy atom. The predicted molar refractivity (Wildman–Crippen MR) is 57.1 cm³/mol. The van der Waals surface area contributed by atoms with Crippen LogP contribution < -0.4 is 0 Å². The van der Waals surface area contributed by atoms with Crippen molar-refractivity contribution in [3.8, 4) is 5.75 Å². The lowest BCUT2D eigenvalue weighted by Crippen LogP contribution is -2.04. The van der Waals surface area contributed by atoms with Crippen LogP contribution in [0.4, 0.5) is 0 Å². The molecular formula is C8H6ClIO3. The van der Waals surface area contributed by atoms with Crippen molar-refractivity contribution < 1.29 is 15.0 Å². The van der Waals surface area contributed by atoms with Crippen molar-refractivity contribution in [3.63, 3.8) is 0 Å². The fourth-order valence-electron chi connectivity index (χ4n) is 0.823. The smallest absolute Gasteiger partial charge is 0.326 e. The first-order valence-electron chi connectivity index (χ1n) is 3.37. The number of phenols is 1. The molecule has 0 aliphatic rings. The summed E-state index contributed by atoms with van der Waals surface area (Å²) in [5.41, 5.74) is 0.469. The number of halogens is 2. The monoisotopic (exact) mass is 312 g/mol. The number of phenolic OH excluding ortho intramolecular Hbond substituents is 1. The van der Waals surface area contributed by atoms with Crippen molar-refractivity contribution >= 4 is 40.2 Å². The van der Waals surface area contributed by atoms with Crippen LogP contribution in [0.3, 0.4) is 0 Å². The van der Waals surface area contributed by atoms with E-state index in [2.05, 4.69) is 0 Å². The van der Waals surface area contributed by atoms with Crippen LogP contribution in [0.5, 0.6) is 5.75 Å². The van der Waals surface area contributed by atoms with Gasteiger partial charge in [-0.15, -0.1) is 11.6 Å². The maximum absolute atomic E-state index is 10.5. The Morgan fingerprint density at radius 3 is 2.62 bits per heavy atom. The van der Waals surface area contributed by atoms with Crippen LogP contribution in [-0.4, -0.2) is 16.2 Å². The largest absolute Gasteiger partial charge is 0.507 e. The molecule has 0 aromatic heterocycles. The van der Waals surface area contributed by atoms with Crippen LogP contribution in [0.15, 0.2) is 18.2 Å². The van der Waals surface area contributed by atoms with Crippen LogP contribution >= 0.6 is 34.2 Å². The van der Waals surface area contributed by atoms with Crippen LogP contribution in [-0.2, 0) is 4.79 Å². The number of carboxylic acid groups (broad SMARTS) is 1. The number of benzene rings is 1. The van der Waals surface area contributed by atoms with Crippen molar-refractivity contribution in [3.05, 3.63) is 27.3 Å². The molecule has 0 fully saturated rings. The van der Waals surface area contributed by atoms with Crippen LogP contribution in [0.25, 0.3) is 0 Å². The van der Waals surface area contributed by atoms with E-state index in [9.17, 15) is 4.79 Å². The lowest BCUT2D eigenvalue weighted by atomic mass is 10.1. The molecule has 1 aromatic rings. The van der Waals surface area contributed by atoms with Gasteiger partial charge in [-0.25, -0.2) is 0 Å². The van der Waals surface area contributed by atoms with Crippen molar-refractivity contribution in [2.24, 2.45) is 0 Å². The van der Waals surface area contributed by atoms with E-state index in [1.165, 1.54) is 12.1 Å². The molecule has 2 N–H and O–H groups in total. The number of rotatable bonds is 2. The standard InChI is InChI=1S/C8H6ClIO3/c9-7(8(12)13)4-1-2-6(11)5(10)3-4/h1-3,7,11H,(H,12,13). The maximum Gasteiger partial charge on any atom is 0.326 e. The Balaban J connectivity index is 3.03. The molecule has 0 saturated carbocycles. The maximum atomic E-state index is 10.5. The van der Waals surface area contributed by atoms with Gasteiger partial charge in [-0.05, 0) is 40.3 Å². The molecule has 0 radical (unpaired) electrons. The second kappa shape index (κ2) is 4.15. The van der Waals surface area contributed by atoms with E-state index in [1.807, 2.05) is 22.6 Å². The quantitative estimate of drug-likeness (QED) is 0.651. The van der Waals surface area contributed by atoms with E-state index >= 15 is 0 Å². The third-order valence-corrected chi connectivity index (χ3v) is 2.78. The van der Waals surface area contributed by atoms with Gasteiger partial charge in [0.05, 0.1) is 3.57 Å². The molecule has 0 saturated heterocycles. The molecule has 0 bridgehead atoms. The first-order valence-corrected chi connectivity index (χ1v) is 4.89. The molecule has 0 aliphatic carbocycles. The number of carboxylic acids is 1. The lowest BCUT2D eigenvalue weighted by molar-refractivity contribution is -0.136. The average Bonchev–Trinajstić information content (AvgIpc) is 2.08. The second-order valence-electron chi connectivity index (χ2n) is 2.41. The van der Waals surface area contributed by atoms with Gasteiger partial charge >= 0.3 is 5.97 Å². The van der Waals surface area contributed by atoms with Crippen molar-refractivity contribution in [1.82, 2.24) is 0 Å². The van der Waals surface area contributed by atoms with Crippen molar-refractivity contribution in [1.29, 1.82) is 0 Å². The highest BCUT2D eigenvalue weighted by Gasteiger charge is 2.16. The summed E-state index contributed by atoms with van der Waals surface area (Å²) < 4.78 is 0.585. The molecule has 0 heterocycles. The summed E-state index contributed by atoms with van der Waals surface area (Å²) in [4.78, 5) is 10.5. The summed E-state index contributed by atoms with van der Waals surface area (Å²) in [6.07, 6.45) is 0. The molecule has 3 nitrogen and oxygen atoms in total. The molecule has 0 aliphatic heterocycles. The molecule has 13 heavy (non-hydrogen) atoms. The Bertz CT molecular complexity index is 340. The van der Waals surface area contributed by atoms with Gasteiger partial charge in [0.2, 0.25) is 0 Å². The summed E-state index contributed by atoms with van der Waals surface area (Å²) in [6.45, 7) is 0. The van der Waals surface area contributed by atoms with E-state index in [1.54, 1.807) is 6.07 Å². The SMILES string of the molecule is O=C(O)C(Cl)c1ccc(O)c(I)c1. The van der Waals surface area contributed by atoms with Gasteiger partial charge in [0.25, 0.3) is 0 Å². The number of hydrogen-bond donors (Lipinski definition) is 2. The minimum absolute atomic E-state index is 0.124. The molecule has 0 amide bonds. The molecule has 1 rings (SSSR count). The number of carbonyl (C=O) groups is 1. The minimum atomic E-state index is -1.09. The number of alkyl halides is 1. The fourth-order valence-corrected chi connectivity index (χ4v) is 1.50. The highest BCUT2D eigenvalue weighted by atomic mass is 127. The highest BCUT2D eigenvalue weighted by molar-refractivity contribution is 14.1. The zero-order valence-corrected chi connectivity index (χ0v) is 9.28. The summed E-state index contributed by atoms with van der Waals surface area (Å²) >= 11 is 7.49. The summed E-state index contributed by atoms with van der Waals surface area (Å²) in [6, 6.07) is 4.46. The molecule has 1 atom stereocenters. The van der Waals surface area contributed by atoms with E-state index < -0.39 is 11.3 Å². The van der Waals surface area contributed by atoms with Crippen molar-refractivity contribution in [2.75, 3.05) is 0 Å². The predicted octanol–water partition coefficient (Wildman–Crippen LogP) is 2.36. The first kappa shape index (κ1) is 10.6. The summed E-state index contributed by atoms with van der Waals surface area (Å²) in [5.74, 6) is -0.971. The van der Waals surface area contributed by atoms with E-state index in [-0.39, 0.29) is 5.75 Å². The van der Waals surface area contributed by atoms with Gasteiger partial charge in [0, 0.05) is 0 Å². The highest BCUT2D eigenvalue weighted by Crippen LogP contribution is 2.26. The average molecular weight is 312 g/mol. The third-order valence-electron chi connectivity index (χ3n) is 1.48. The van der Waals surface area contributed by atoms with Gasteiger partial charge in [-0.3, -0.25) is 4.79 Å². The van der Waals surface area contributed by atoms with Gasteiger partial charge in [0.1, 0.15) is 5.75 Å². The number of aromatic hydroxyl groups is 1. The molecule has 1 aromatic carbocycles. The molecule has 0 spiro atoms. The van der Waals surface area contributed by atoms with Crippen molar-refractivity contribution in [2.45, 2.75) is 5.38 Å². The number of aliphatic carboxylic acids is 1. The van der Waals surface area contributed by atoms with Gasteiger partial charge in [-0.2, -0.15) is 0 Å². The van der Waals surface area contributed by atoms with E-state index in [0.29, 0.717) is 9.13 Å². The Labute approximate surface area is 93.5 Å². The summed E-state index contributed by atoms with van der Waals surface area (Å²) in [5, 5.41) is 16.7. The molecule has 70 valence electrons. The zero-order valence-electron chi connectivity index (χ0n) is 6.37. The Hall–Kier alpha value is -0.490. The minimum Gasteiger partial charge on any atom is -0.507 e. The van der Waals surface area contributed by atoms with E-state index in [4.69, 9.17) is 21.8 Å². The molecule has 5 heteroatoms. The Morgan fingerprint density at radius 2 is 2.15 bits per heavy atom. The Kier molecular flexibility index (Phi) is 3.38. The third kappa shape index (κ3) is 2.47. The zero-order chi connectivity index (χ0) is 10.0. The summed E-state index contributed by atoms with van der Waals surface area (Å²) in [7, 11) is 0. The van der Waals surface area contributed by atoms with Gasteiger partial charge in [-0.1, -0.05) is 6.07 Å². The van der Waals surface area contributed by atoms with Crippen LogP contribution in [0, 0.1) is 3.57 Å². The molecule has 1 unspecified atom stereocenters. The number of hydrogen-bond acceptors (Lipinski definition) is 2. The topological polar surface area (TPSA) is 57.5 Å². The van der Waals surface area contributed by atoms with E-state index in [0.717, 1.165) is 0 Å². The fraction of sp³-hybridized carbons (Fsp3) is 0.125. The first-order chi connectivity index (χ1) is 6.02. The van der Waals surface area contributed by atoms with Crippen LogP contribution in [0.2, 0.25) is 0 Å².